The SMILES string of the molecule is COCC(Oc1ccc(OC(=O)C2CCC(C(=O)Oc3ccccc3)CC2)cc1)c1ccccc1. The van der Waals surface area contributed by atoms with E-state index in [9.17, 15) is 9.59 Å². The molecule has 0 aliphatic heterocycles. The number of hydrogen-bond donors (Lipinski definition) is 0. The molecule has 0 N–H and O–H groups in total. The van der Waals surface area contributed by atoms with E-state index < -0.39 is 0 Å². The molecule has 182 valence electrons. The summed E-state index contributed by atoms with van der Waals surface area (Å²) in [5.41, 5.74) is 1.02. The van der Waals surface area contributed by atoms with Crippen molar-refractivity contribution in [1.82, 2.24) is 0 Å². The minimum atomic E-state index is -0.268. The zero-order valence-corrected chi connectivity index (χ0v) is 19.8. The average molecular weight is 475 g/mol. The monoisotopic (exact) mass is 474 g/mol. The Morgan fingerprint density at radius 1 is 0.686 bits per heavy atom. The van der Waals surface area contributed by atoms with Gasteiger partial charge in [0.25, 0.3) is 0 Å². The highest BCUT2D eigenvalue weighted by molar-refractivity contribution is 5.77. The standard InChI is InChI=1S/C29H30O6/c1-32-20-27(21-8-4-2-5-9-21)33-25-16-18-26(19-17-25)35-29(31)23-14-12-22(13-15-23)28(30)34-24-10-6-3-7-11-24/h2-11,16-19,22-23,27H,12-15,20H2,1H3. The lowest BCUT2D eigenvalue weighted by molar-refractivity contribution is -0.145. The number of benzene rings is 3. The van der Waals surface area contributed by atoms with Crippen molar-refractivity contribution in [2.75, 3.05) is 13.7 Å². The second-order valence-corrected chi connectivity index (χ2v) is 8.65. The molecule has 0 radical (unpaired) electrons. The molecule has 6 heteroatoms. The molecule has 3 aromatic carbocycles. The van der Waals surface area contributed by atoms with Gasteiger partial charge < -0.3 is 18.9 Å². The van der Waals surface area contributed by atoms with Gasteiger partial charge in [-0.2, -0.15) is 0 Å². The predicted octanol–water partition coefficient (Wildman–Crippen LogP) is 5.77. The largest absolute Gasteiger partial charge is 0.483 e. The summed E-state index contributed by atoms with van der Waals surface area (Å²) in [5.74, 6) is 0.750. The van der Waals surface area contributed by atoms with E-state index in [1.807, 2.05) is 48.5 Å². The first-order valence-corrected chi connectivity index (χ1v) is 11.9. The molecule has 1 atom stereocenters. The van der Waals surface area contributed by atoms with Gasteiger partial charge in [-0.1, -0.05) is 48.5 Å². The Morgan fingerprint density at radius 3 is 1.66 bits per heavy atom. The number of carbonyl (C=O) groups is 2. The molecule has 0 bridgehead atoms. The molecular weight excluding hydrogens is 444 g/mol. The fourth-order valence-corrected chi connectivity index (χ4v) is 4.22. The first-order chi connectivity index (χ1) is 17.1. The van der Waals surface area contributed by atoms with Gasteiger partial charge in [-0.3, -0.25) is 9.59 Å². The van der Waals surface area contributed by atoms with Crippen LogP contribution < -0.4 is 14.2 Å². The average Bonchev–Trinajstić information content (AvgIpc) is 2.90. The van der Waals surface area contributed by atoms with Crippen LogP contribution in [-0.4, -0.2) is 25.7 Å². The highest BCUT2D eigenvalue weighted by Gasteiger charge is 2.32. The van der Waals surface area contributed by atoms with Crippen LogP contribution in [0.1, 0.15) is 37.4 Å². The summed E-state index contributed by atoms with van der Waals surface area (Å²) in [6, 6.07) is 25.9. The van der Waals surface area contributed by atoms with Gasteiger partial charge in [-0.15, -0.1) is 0 Å². The maximum atomic E-state index is 12.7. The predicted molar refractivity (Wildman–Crippen MR) is 131 cm³/mol. The summed E-state index contributed by atoms with van der Waals surface area (Å²) >= 11 is 0. The van der Waals surface area contributed by atoms with E-state index in [-0.39, 0.29) is 29.9 Å². The highest BCUT2D eigenvalue weighted by atomic mass is 16.5. The summed E-state index contributed by atoms with van der Waals surface area (Å²) in [6.45, 7) is 0.419. The zero-order chi connectivity index (χ0) is 24.5. The van der Waals surface area contributed by atoms with Crippen molar-refractivity contribution in [2.45, 2.75) is 31.8 Å². The highest BCUT2D eigenvalue weighted by Crippen LogP contribution is 2.32. The molecular formula is C29H30O6. The van der Waals surface area contributed by atoms with Gasteiger partial charge in [0.15, 0.2) is 0 Å². The van der Waals surface area contributed by atoms with Crippen molar-refractivity contribution in [2.24, 2.45) is 11.8 Å². The van der Waals surface area contributed by atoms with Crippen molar-refractivity contribution in [3.63, 3.8) is 0 Å². The van der Waals surface area contributed by atoms with Crippen molar-refractivity contribution in [3.05, 3.63) is 90.5 Å². The number of para-hydroxylation sites is 1. The molecule has 1 aliphatic carbocycles. The third-order valence-corrected chi connectivity index (χ3v) is 6.17. The van der Waals surface area contributed by atoms with Crippen LogP contribution in [0.25, 0.3) is 0 Å². The van der Waals surface area contributed by atoms with Gasteiger partial charge >= 0.3 is 11.9 Å². The maximum absolute atomic E-state index is 12.7. The third-order valence-electron chi connectivity index (χ3n) is 6.17. The van der Waals surface area contributed by atoms with Crippen LogP contribution in [0.4, 0.5) is 0 Å². The summed E-state index contributed by atoms with van der Waals surface area (Å²) in [7, 11) is 1.64. The summed E-state index contributed by atoms with van der Waals surface area (Å²) < 4.78 is 22.4. The van der Waals surface area contributed by atoms with Crippen molar-refractivity contribution in [3.8, 4) is 17.2 Å². The topological polar surface area (TPSA) is 71.1 Å². The molecule has 6 nitrogen and oxygen atoms in total. The van der Waals surface area contributed by atoms with Crippen LogP contribution in [0.2, 0.25) is 0 Å². The number of methoxy groups -OCH3 is 1. The summed E-state index contributed by atoms with van der Waals surface area (Å²) in [4.78, 5) is 25.1. The minimum absolute atomic E-state index is 0.194. The lowest BCUT2D eigenvalue weighted by Crippen LogP contribution is -2.30. The van der Waals surface area contributed by atoms with Gasteiger partial charge in [-0.05, 0) is 67.6 Å². The zero-order valence-electron chi connectivity index (χ0n) is 19.8. The molecule has 1 saturated carbocycles. The van der Waals surface area contributed by atoms with E-state index in [4.69, 9.17) is 18.9 Å². The van der Waals surface area contributed by atoms with E-state index >= 15 is 0 Å². The molecule has 0 aromatic heterocycles. The van der Waals surface area contributed by atoms with Crippen molar-refractivity contribution < 1.29 is 28.5 Å². The van der Waals surface area contributed by atoms with Crippen LogP contribution in [0.15, 0.2) is 84.9 Å². The Bertz CT molecular complexity index is 1070. The lowest BCUT2D eigenvalue weighted by Gasteiger charge is -2.25. The number of esters is 2. The first-order valence-electron chi connectivity index (χ1n) is 11.9. The summed E-state index contributed by atoms with van der Waals surface area (Å²) in [5, 5.41) is 0. The van der Waals surface area contributed by atoms with E-state index in [0.717, 1.165) is 5.56 Å². The third kappa shape index (κ3) is 6.93. The van der Waals surface area contributed by atoms with Crippen LogP contribution in [0, 0.1) is 11.8 Å². The maximum Gasteiger partial charge on any atom is 0.314 e. The molecule has 0 saturated heterocycles. The Hall–Kier alpha value is -3.64. The van der Waals surface area contributed by atoms with E-state index in [2.05, 4.69) is 0 Å². The molecule has 3 aromatic rings. The Labute approximate surface area is 205 Å². The Balaban J connectivity index is 1.26. The van der Waals surface area contributed by atoms with Crippen LogP contribution in [0.3, 0.4) is 0 Å². The fourth-order valence-electron chi connectivity index (χ4n) is 4.22. The Morgan fingerprint density at radius 2 is 1.14 bits per heavy atom. The summed E-state index contributed by atoms with van der Waals surface area (Å²) in [6.07, 6.45) is 2.18. The molecule has 0 heterocycles. The molecule has 1 unspecified atom stereocenters. The normalized spacial score (nSPS) is 18.3. The van der Waals surface area contributed by atoms with Gasteiger partial charge in [0.05, 0.1) is 18.4 Å². The molecule has 4 rings (SSSR count). The van der Waals surface area contributed by atoms with Crippen LogP contribution in [-0.2, 0) is 14.3 Å². The second-order valence-electron chi connectivity index (χ2n) is 8.65. The molecule has 1 fully saturated rings. The van der Waals surface area contributed by atoms with Gasteiger partial charge in [0.2, 0.25) is 0 Å². The van der Waals surface area contributed by atoms with Gasteiger partial charge in [0, 0.05) is 7.11 Å². The number of carbonyl (C=O) groups excluding carboxylic acids is 2. The fraction of sp³-hybridized carbons (Fsp3) is 0.310. The first kappa shape index (κ1) is 24.5. The van der Waals surface area contributed by atoms with Gasteiger partial charge in [0.1, 0.15) is 23.4 Å². The second kappa shape index (κ2) is 12.2. The van der Waals surface area contributed by atoms with E-state index in [1.165, 1.54) is 0 Å². The van der Waals surface area contributed by atoms with E-state index in [0.29, 0.717) is 49.5 Å². The van der Waals surface area contributed by atoms with E-state index in [1.54, 1.807) is 43.5 Å². The van der Waals surface area contributed by atoms with Crippen LogP contribution >= 0.6 is 0 Å². The van der Waals surface area contributed by atoms with Crippen LogP contribution in [0.5, 0.6) is 17.2 Å². The molecule has 35 heavy (non-hydrogen) atoms. The minimum Gasteiger partial charge on any atom is -0.483 e. The van der Waals surface area contributed by atoms with Crippen molar-refractivity contribution in [1.29, 1.82) is 0 Å². The molecule has 0 amide bonds. The quantitative estimate of drug-likeness (QED) is 0.290. The van der Waals surface area contributed by atoms with Crippen molar-refractivity contribution >= 4 is 11.9 Å². The smallest absolute Gasteiger partial charge is 0.314 e. The number of rotatable bonds is 9. The molecule has 0 spiro atoms. The van der Waals surface area contributed by atoms with Gasteiger partial charge in [-0.25, -0.2) is 0 Å². The number of hydrogen-bond acceptors (Lipinski definition) is 6. The molecule has 1 aliphatic rings. The lowest BCUT2D eigenvalue weighted by atomic mass is 9.82. The number of ether oxygens (including phenoxy) is 4. The Kier molecular flexibility index (Phi) is 8.52.